The standard InChI is InChI=1S/C19H30N4O3S.HI/c1-20-19(23-13-9-16(15-23)22-11-3-4-12-22)21-10-14-26-17-5-7-18(8-6-17)27(2,24)25;/h5-8,16H,3-4,9-15H2,1-2H3,(H,20,21);1H. The molecule has 2 heterocycles. The lowest BCUT2D eigenvalue weighted by Crippen LogP contribution is -2.43. The summed E-state index contributed by atoms with van der Waals surface area (Å²) in [6, 6.07) is 7.16. The molecular formula is C19H31IN4O3S. The van der Waals surface area contributed by atoms with Gasteiger partial charge in [-0.15, -0.1) is 24.0 Å². The zero-order chi connectivity index (χ0) is 19.3. The van der Waals surface area contributed by atoms with Gasteiger partial charge in [0.2, 0.25) is 0 Å². The molecular weight excluding hydrogens is 491 g/mol. The van der Waals surface area contributed by atoms with Gasteiger partial charge in [0.25, 0.3) is 0 Å². The number of rotatable bonds is 6. The molecule has 1 aromatic rings. The Bertz CT molecular complexity index is 749. The largest absolute Gasteiger partial charge is 0.492 e. The Hall–Kier alpha value is -1.07. The smallest absolute Gasteiger partial charge is 0.193 e. The van der Waals surface area contributed by atoms with Crippen LogP contribution in [0.25, 0.3) is 0 Å². The van der Waals surface area contributed by atoms with Crippen LogP contribution in [0.5, 0.6) is 5.75 Å². The fourth-order valence-electron chi connectivity index (χ4n) is 3.79. The summed E-state index contributed by atoms with van der Waals surface area (Å²) in [5.74, 6) is 1.59. The third kappa shape index (κ3) is 6.21. The molecule has 3 rings (SSSR count). The molecule has 2 aliphatic rings. The van der Waals surface area contributed by atoms with Crippen molar-refractivity contribution in [2.45, 2.75) is 30.2 Å². The first kappa shape index (κ1) is 23.2. The molecule has 0 radical (unpaired) electrons. The first-order chi connectivity index (χ1) is 13.0. The molecule has 0 spiro atoms. The van der Waals surface area contributed by atoms with Gasteiger partial charge in [-0.2, -0.15) is 0 Å². The molecule has 0 aliphatic carbocycles. The van der Waals surface area contributed by atoms with E-state index < -0.39 is 9.84 Å². The van der Waals surface area contributed by atoms with Crippen LogP contribution < -0.4 is 10.1 Å². The van der Waals surface area contributed by atoms with E-state index in [2.05, 4.69) is 20.1 Å². The number of likely N-dealkylation sites (tertiary alicyclic amines) is 2. The van der Waals surface area contributed by atoms with Crippen LogP contribution in [0.2, 0.25) is 0 Å². The van der Waals surface area contributed by atoms with Gasteiger partial charge in [-0.1, -0.05) is 0 Å². The van der Waals surface area contributed by atoms with Gasteiger partial charge in [0.1, 0.15) is 12.4 Å². The van der Waals surface area contributed by atoms with Crippen molar-refractivity contribution < 1.29 is 13.2 Å². The molecule has 1 aromatic carbocycles. The van der Waals surface area contributed by atoms with Crippen LogP contribution in [0.3, 0.4) is 0 Å². The topological polar surface area (TPSA) is 74.2 Å². The van der Waals surface area contributed by atoms with Crippen molar-refractivity contribution in [1.29, 1.82) is 0 Å². The number of aliphatic imine (C=N–C) groups is 1. The highest BCUT2D eigenvalue weighted by atomic mass is 127. The zero-order valence-corrected chi connectivity index (χ0v) is 19.8. The molecule has 158 valence electrons. The van der Waals surface area contributed by atoms with Crippen molar-refractivity contribution in [2.24, 2.45) is 4.99 Å². The molecule has 0 amide bonds. The second-order valence-corrected chi connectivity index (χ2v) is 9.21. The van der Waals surface area contributed by atoms with E-state index in [4.69, 9.17) is 4.74 Å². The minimum atomic E-state index is -3.17. The summed E-state index contributed by atoms with van der Waals surface area (Å²) in [6.07, 6.45) is 5.05. The Labute approximate surface area is 185 Å². The SMILES string of the molecule is CN=C(NCCOc1ccc(S(C)(=O)=O)cc1)N1CCC(N2CCCC2)C1.I. The van der Waals surface area contributed by atoms with Crippen molar-refractivity contribution in [2.75, 3.05) is 52.6 Å². The van der Waals surface area contributed by atoms with Crippen LogP contribution in [0.15, 0.2) is 34.2 Å². The second kappa shape index (κ2) is 10.6. The lowest BCUT2D eigenvalue weighted by atomic mass is 10.2. The molecule has 2 aliphatic heterocycles. The van der Waals surface area contributed by atoms with Crippen LogP contribution >= 0.6 is 24.0 Å². The average Bonchev–Trinajstić information content (AvgIpc) is 3.33. The van der Waals surface area contributed by atoms with Crippen molar-refractivity contribution in [3.8, 4) is 5.75 Å². The number of ether oxygens (including phenoxy) is 1. The zero-order valence-electron chi connectivity index (χ0n) is 16.6. The summed E-state index contributed by atoms with van der Waals surface area (Å²) in [6.45, 7) is 5.67. The van der Waals surface area contributed by atoms with E-state index in [1.807, 2.05) is 7.05 Å². The van der Waals surface area contributed by atoms with Gasteiger partial charge >= 0.3 is 0 Å². The number of hydrogen-bond acceptors (Lipinski definition) is 5. The molecule has 0 aromatic heterocycles. The second-order valence-electron chi connectivity index (χ2n) is 7.20. The number of guanidine groups is 1. The number of halogens is 1. The summed E-state index contributed by atoms with van der Waals surface area (Å²) in [5, 5.41) is 3.36. The Kier molecular flexibility index (Phi) is 8.81. The Morgan fingerprint density at radius 2 is 1.89 bits per heavy atom. The molecule has 0 bridgehead atoms. The number of benzene rings is 1. The van der Waals surface area contributed by atoms with Crippen molar-refractivity contribution in [1.82, 2.24) is 15.1 Å². The van der Waals surface area contributed by atoms with E-state index in [1.54, 1.807) is 24.3 Å². The van der Waals surface area contributed by atoms with E-state index in [-0.39, 0.29) is 24.0 Å². The van der Waals surface area contributed by atoms with Gasteiger partial charge < -0.3 is 15.0 Å². The first-order valence-corrected chi connectivity index (χ1v) is 11.5. The number of nitrogens with one attached hydrogen (secondary N) is 1. The van der Waals surface area contributed by atoms with Gasteiger partial charge in [-0.25, -0.2) is 8.42 Å². The highest BCUT2D eigenvalue weighted by Crippen LogP contribution is 2.20. The van der Waals surface area contributed by atoms with Crippen LogP contribution in [0.4, 0.5) is 0 Å². The molecule has 2 fully saturated rings. The van der Waals surface area contributed by atoms with Gasteiger partial charge in [0.05, 0.1) is 11.4 Å². The molecule has 7 nitrogen and oxygen atoms in total. The van der Waals surface area contributed by atoms with Crippen LogP contribution in [-0.2, 0) is 9.84 Å². The maximum atomic E-state index is 11.5. The maximum absolute atomic E-state index is 11.5. The summed E-state index contributed by atoms with van der Waals surface area (Å²) in [5.41, 5.74) is 0. The monoisotopic (exact) mass is 522 g/mol. The van der Waals surface area contributed by atoms with Crippen molar-refractivity contribution in [3.63, 3.8) is 0 Å². The molecule has 9 heteroatoms. The van der Waals surface area contributed by atoms with Crippen LogP contribution in [0, 0.1) is 0 Å². The molecule has 0 saturated carbocycles. The van der Waals surface area contributed by atoms with Crippen molar-refractivity contribution in [3.05, 3.63) is 24.3 Å². The van der Waals surface area contributed by atoms with Gasteiger partial charge in [-0.3, -0.25) is 9.89 Å². The summed E-state index contributed by atoms with van der Waals surface area (Å²) in [7, 11) is -1.36. The predicted molar refractivity (Wildman–Crippen MR) is 123 cm³/mol. The van der Waals surface area contributed by atoms with Crippen LogP contribution in [-0.4, -0.2) is 82.9 Å². The fourth-order valence-corrected chi connectivity index (χ4v) is 4.42. The highest BCUT2D eigenvalue weighted by Gasteiger charge is 2.30. The predicted octanol–water partition coefficient (Wildman–Crippen LogP) is 1.83. The normalized spacial score (nSPS) is 20.9. The molecule has 28 heavy (non-hydrogen) atoms. The molecule has 1 atom stereocenters. The minimum Gasteiger partial charge on any atom is -0.492 e. The number of nitrogens with zero attached hydrogens (tertiary/aromatic N) is 3. The van der Waals surface area contributed by atoms with E-state index in [1.165, 1.54) is 38.6 Å². The Morgan fingerprint density at radius 3 is 2.50 bits per heavy atom. The lowest BCUT2D eigenvalue weighted by Gasteiger charge is -2.25. The third-order valence-electron chi connectivity index (χ3n) is 5.24. The lowest BCUT2D eigenvalue weighted by molar-refractivity contribution is 0.249. The highest BCUT2D eigenvalue weighted by molar-refractivity contribution is 14.0. The Morgan fingerprint density at radius 1 is 1.21 bits per heavy atom. The minimum absolute atomic E-state index is 0. The summed E-state index contributed by atoms with van der Waals surface area (Å²) < 4.78 is 28.6. The van der Waals surface area contributed by atoms with Gasteiger partial charge in [0.15, 0.2) is 15.8 Å². The van der Waals surface area contributed by atoms with E-state index >= 15 is 0 Å². The third-order valence-corrected chi connectivity index (χ3v) is 6.37. The molecule has 1 N–H and O–H groups in total. The average molecular weight is 522 g/mol. The Balaban J connectivity index is 0.00000280. The fraction of sp³-hybridized carbons (Fsp3) is 0.632. The van der Waals surface area contributed by atoms with E-state index in [0.717, 1.165) is 19.0 Å². The van der Waals surface area contributed by atoms with Gasteiger partial charge in [-0.05, 0) is 56.6 Å². The van der Waals surface area contributed by atoms with E-state index in [9.17, 15) is 8.42 Å². The summed E-state index contributed by atoms with van der Waals surface area (Å²) in [4.78, 5) is 9.64. The maximum Gasteiger partial charge on any atom is 0.193 e. The quantitative estimate of drug-likeness (QED) is 0.266. The van der Waals surface area contributed by atoms with Gasteiger partial charge in [0, 0.05) is 32.4 Å². The van der Waals surface area contributed by atoms with E-state index in [0.29, 0.717) is 29.8 Å². The van der Waals surface area contributed by atoms with Crippen molar-refractivity contribution >= 4 is 39.8 Å². The number of sulfone groups is 1. The summed E-state index contributed by atoms with van der Waals surface area (Å²) >= 11 is 0. The first-order valence-electron chi connectivity index (χ1n) is 9.60. The molecule has 1 unspecified atom stereocenters. The van der Waals surface area contributed by atoms with Crippen LogP contribution in [0.1, 0.15) is 19.3 Å². The molecule has 2 saturated heterocycles. The number of hydrogen-bond donors (Lipinski definition) is 1.